The quantitative estimate of drug-likeness (QED) is 0.751. The fraction of sp³-hybridized carbons (Fsp3) is 0.929. The van der Waals surface area contributed by atoms with Crippen LogP contribution in [0, 0.1) is 0 Å². The Bertz CT molecular complexity index is 458. The van der Waals surface area contributed by atoms with Crippen molar-refractivity contribution in [3.63, 3.8) is 0 Å². The SMILES string of the molecule is CCS(=O)(=O)N1CCN(CC(=O)N2CCCCC2C)CC1. The zero-order valence-corrected chi connectivity index (χ0v) is 13.9. The molecule has 0 aromatic heterocycles. The first-order valence-electron chi connectivity index (χ1n) is 7.93. The molecule has 7 heteroatoms. The Morgan fingerprint density at radius 1 is 1.10 bits per heavy atom. The maximum atomic E-state index is 12.4. The van der Waals surface area contributed by atoms with E-state index in [0.717, 1.165) is 19.4 Å². The van der Waals surface area contributed by atoms with Crippen LogP contribution in [0.1, 0.15) is 33.1 Å². The molecule has 0 radical (unpaired) electrons. The lowest BCUT2D eigenvalue weighted by molar-refractivity contribution is -0.135. The predicted molar refractivity (Wildman–Crippen MR) is 82.5 cm³/mol. The van der Waals surface area contributed by atoms with E-state index in [9.17, 15) is 13.2 Å². The van der Waals surface area contributed by atoms with Crippen molar-refractivity contribution < 1.29 is 13.2 Å². The van der Waals surface area contributed by atoms with Gasteiger partial charge in [0.25, 0.3) is 0 Å². The highest BCUT2D eigenvalue weighted by Crippen LogP contribution is 2.17. The molecule has 2 fully saturated rings. The third-order valence-electron chi connectivity index (χ3n) is 4.57. The van der Waals surface area contributed by atoms with Crippen molar-refractivity contribution in [1.82, 2.24) is 14.1 Å². The molecule has 0 N–H and O–H groups in total. The number of carbonyl (C=O) groups excluding carboxylic acids is 1. The molecule has 1 amide bonds. The molecule has 122 valence electrons. The van der Waals surface area contributed by atoms with Gasteiger partial charge < -0.3 is 4.90 Å². The fourth-order valence-corrected chi connectivity index (χ4v) is 4.18. The Balaban J connectivity index is 1.82. The smallest absolute Gasteiger partial charge is 0.236 e. The topological polar surface area (TPSA) is 60.9 Å². The van der Waals surface area contributed by atoms with E-state index in [2.05, 4.69) is 11.8 Å². The lowest BCUT2D eigenvalue weighted by atomic mass is 10.0. The van der Waals surface area contributed by atoms with E-state index >= 15 is 0 Å². The second kappa shape index (κ2) is 7.07. The zero-order chi connectivity index (χ0) is 15.5. The van der Waals surface area contributed by atoms with Crippen LogP contribution < -0.4 is 0 Å². The van der Waals surface area contributed by atoms with Gasteiger partial charge in [-0.3, -0.25) is 9.69 Å². The molecule has 2 saturated heterocycles. The lowest BCUT2D eigenvalue weighted by Crippen LogP contribution is -2.53. The highest BCUT2D eigenvalue weighted by molar-refractivity contribution is 7.89. The number of likely N-dealkylation sites (tertiary alicyclic amines) is 1. The third kappa shape index (κ3) is 4.17. The molecule has 6 nitrogen and oxygen atoms in total. The summed E-state index contributed by atoms with van der Waals surface area (Å²) < 4.78 is 25.2. The average molecular weight is 317 g/mol. The van der Waals surface area contributed by atoms with Gasteiger partial charge >= 0.3 is 0 Å². The number of nitrogens with zero attached hydrogens (tertiary/aromatic N) is 3. The van der Waals surface area contributed by atoms with Gasteiger partial charge in [0.15, 0.2) is 0 Å². The second-order valence-corrected chi connectivity index (χ2v) is 8.27. The molecule has 2 rings (SSSR count). The van der Waals surface area contributed by atoms with Crippen LogP contribution in [0.2, 0.25) is 0 Å². The van der Waals surface area contributed by atoms with Crippen molar-refractivity contribution in [1.29, 1.82) is 0 Å². The molecule has 21 heavy (non-hydrogen) atoms. The molecular weight excluding hydrogens is 290 g/mol. The van der Waals surface area contributed by atoms with Gasteiger partial charge in [-0.25, -0.2) is 8.42 Å². The van der Waals surface area contributed by atoms with Crippen molar-refractivity contribution in [3.8, 4) is 0 Å². The van der Waals surface area contributed by atoms with Crippen LogP contribution in [0.15, 0.2) is 0 Å². The van der Waals surface area contributed by atoms with Crippen molar-refractivity contribution >= 4 is 15.9 Å². The van der Waals surface area contributed by atoms with E-state index in [1.807, 2.05) is 4.90 Å². The largest absolute Gasteiger partial charge is 0.339 e. The minimum Gasteiger partial charge on any atom is -0.339 e. The van der Waals surface area contributed by atoms with Crippen LogP contribution in [0.4, 0.5) is 0 Å². The number of sulfonamides is 1. The van der Waals surface area contributed by atoms with Gasteiger partial charge in [0.1, 0.15) is 0 Å². The monoisotopic (exact) mass is 317 g/mol. The molecule has 2 aliphatic rings. The summed E-state index contributed by atoms with van der Waals surface area (Å²) in [6.07, 6.45) is 3.39. The Kier molecular flexibility index (Phi) is 5.62. The molecule has 0 bridgehead atoms. The van der Waals surface area contributed by atoms with Crippen LogP contribution in [-0.2, 0) is 14.8 Å². The molecule has 2 aliphatic heterocycles. The summed E-state index contributed by atoms with van der Waals surface area (Å²) in [6.45, 7) is 7.36. The minimum atomic E-state index is -3.09. The van der Waals surface area contributed by atoms with E-state index < -0.39 is 10.0 Å². The second-order valence-electron chi connectivity index (χ2n) is 6.01. The van der Waals surface area contributed by atoms with Crippen LogP contribution in [0.3, 0.4) is 0 Å². The molecule has 2 heterocycles. The molecule has 0 spiro atoms. The lowest BCUT2D eigenvalue weighted by Gasteiger charge is -2.37. The summed E-state index contributed by atoms with van der Waals surface area (Å²) in [4.78, 5) is 16.4. The van der Waals surface area contributed by atoms with Crippen LogP contribution in [-0.4, -0.2) is 79.5 Å². The van der Waals surface area contributed by atoms with Gasteiger partial charge in [-0.1, -0.05) is 0 Å². The molecule has 0 aromatic rings. The number of hydrogen-bond donors (Lipinski definition) is 0. The summed E-state index contributed by atoms with van der Waals surface area (Å²) in [6, 6.07) is 0.341. The van der Waals surface area contributed by atoms with Crippen LogP contribution in [0.5, 0.6) is 0 Å². The standard InChI is InChI=1S/C14H27N3O3S/c1-3-21(19,20)16-10-8-15(9-11-16)12-14(18)17-7-5-4-6-13(17)2/h13H,3-12H2,1-2H3. The summed E-state index contributed by atoms with van der Waals surface area (Å²) in [5.74, 6) is 0.339. The van der Waals surface area contributed by atoms with Gasteiger partial charge in [-0.05, 0) is 33.1 Å². The van der Waals surface area contributed by atoms with Crippen molar-refractivity contribution in [2.75, 3.05) is 45.0 Å². The maximum Gasteiger partial charge on any atom is 0.236 e. The van der Waals surface area contributed by atoms with Gasteiger partial charge in [0, 0.05) is 38.8 Å². The van der Waals surface area contributed by atoms with E-state index in [4.69, 9.17) is 0 Å². The number of piperazine rings is 1. The molecule has 1 unspecified atom stereocenters. The van der Waals surface area contributed by atoms with Crippen LogP contribution >= 0.6 is 0 Å². The van der Waals surface area contributed by atoms with E-state index in [0.29, 0.717) is 38.8 Å². The summed E-state index contributed by atoms with van der Waals surface area (Å²) >= 11 is 0. The van der Waals surface area contributed by atoms with Gasteiger partial charge in [-0.15, -0.1) is 0 Å². The maximum absolute atomic E-state index is 12.4. The fourth-order valence-electron chi connectivity index (χ4n) is 3.10. The first kappa shape index (κ1) is 16.7. The molecule has 0 aliphatic carbocycles. The molecule has 0 saturated carbocycles. The van der Waals surface area contributed by atoms with Gasteiger partial charge in [0.2, 0.25) is 15.9 Å². The summed E-state index contributed by atoms with van der Waals surface area (Å²) in [7, 11) is -3.09. The Hall–Kier alpha value is -0.660. The van der Waals surface area contributed by atoms with Gasteiger partial charge in [-0.2, -0.15) is 4.31 Å². The van der Waals surface area contributed by atoms with Crippen LogP contribution in [0.25, 0.3) is 0 Å². The highest BCUT2D eigenvalue weighted by Gasteiger charge is 2.29. The zero-order valence-electron chi connectivity index (χ0n) is 13.1. The average Bonchev–Trinajstić information content (AvgIpc) is 2.48. The normalized spacial score (nSPS) is 26.0. The predicted octanol–water partition coefficient (Wildman–Crippen LogP) is 0.355. The van der Waals surface area contributed by atoms with Crippen molar-refractivity contribution in [2.45, 2.75) is 39.2 Å². The summed E-state index contributed by atoms with van der Waals surface area (Å²) in [5, 5.41) is 0. The first-order valence-corrected chi connectivity index (χ1v) is 9.54. The first-order chi connectivity index (χ1) is 9.94. The number of amides is 1. The van der Waals surface area contributed by atoms with E-state index in [-0.39, 0.29) is 11.7 Å². The van der Waals surface area contributed by atoms with E-state index in [1.54, 1.807) is 6.92 Å². The van der Waals surface area contributed by atoms with Crippen molar-refractivity contribution in [3.05, 3.63) is 0 Å². The molecular formula is C14H27N3O3S. The van der Waals surface area contributed by atoms with E-state index in [1.165, 1.54) is 10.7 Å². The Labute approximate surface area is 128 Å². The molecule has 1 atom stereocenters. The van der Waals surface area contributed by atoms with Crippen molar-refractivity contribution in [2.24, 2.45) is 0 Å². The molecule has 0 aromatic carbocycles. The Morgan fingerprint density at radius 2 is 1.76 bits per heavy atom. The number of piperidine rings is 1. The number of carbonyl (C=O) groups is 1. The summed E-state index contributed by atoms with van der Waals surface area (Å²) in [5.41, 5.74) is 0. The number of hydrogen-bond acceptors (Lipinski definition) is 4. The number of rotatable bonds is 4. The Morgan fingerprint density at radius 3 is 2.33 bits per heavy atom. The third-order valence-corrected chi connectivity index (χ3v) is 6.45. The highest BCUT2D eigenvalue weighted by atomic mass is 32.2. The van der Waals surface area contributed by atoms with Gasteiger partial charge in [0.05, 0.1) is 12.3 Å². The minimum absolute atomic E-state index is 0.150.